The number of carbonyl (C=O) groups is 2. The summed E-state index contributed by atoms with van der Waals surface area (Å²) in [6, 6.07) is 0. The van der Waals surface area contributed by atoms with Gasteiger partial charge in [0.25, 0.3) is 7.82 Å². The van der Waals surface area contributed by atoms with Crippen molar-refractivity contribution in [1.82, 2.24) is 0 Å². The summed E-state index contributed by atoms with van der Waals surface area (Å²) in [6.45, 7) is 4.13. The third kappa shape index (κ3) is 62.4. The highest BCUT2D eigenvalue weighted by molar-refractivity contribution is 7.45. The van der Waals surface area contributed by atoms with Gasteiger partial charge in [0.2, 0.25) is 0 Å². The number of ether oxygens (including phenoxy) is 2. The standard InChI is InChI=1S/C68H122NO8P/c1-6-8-10-12-14-16-18-20-22-24-26-28-29-30-31-32-33-34-35-36-37-38-39-41-43-45-47-49-51-53-55-57-59-61-68(71)77-66(65-76-78(72,73)75-63-62-69(3,4)5)64-74-67(70)60-58-56-54-52-50-48-46-44-42-40-27-25-23-21-19-17-15-13-11-9-7-2/h8,10,14,16,19-22,25-28,42,44,66H,6-7,9,11-13,15,17-18,23-24,29-41,43,45-65H2,1-5H3/b10-8-,16-14-,21-19-,22-20-,27-25-,28-26-,44-42-. The van der Waals surface area contributed by atoms with Gasteiger partial charge in [0.05, 0.1) is 27.7 Å². The van der Waals surface area contributed by atoms with Gasteiger partial charge in [-0.3, -0.25) is 14.2 Å². The Labute approximate surface area is 481 Å². The van der Waals surface area contributed by atoms with Gasteiger partial charge in [-0.1, -0.05) is 266 Å². The highest BCUT2D eigenvalue weighted by Crippen LogP contribution is 2.38. The minimum atomic E-state index is -4.64. The van der Waals surface area contributed by atoms with E-state index in [9.17, 15) is 19.0 Å². The van der Waals surface area contributed by atoms with Crippen molar-refractivity contribution < 1.29 is 42.1 Å². The lowest BCUT2D eigenvalue weighted by Gasteiger charge is -2.28. The molecular weight excluding hydrogens is 990 g/mol. The van der Waals surface area contributed by atoms with Crippen LogP contribution in [-0.4, -0.2) is 70.0 Å². The van der Waals surface area contributed by atoms with Gasteiger partial charge in [-0.05, 0) is 89.9 Å². The van der Waals surface area contributed by atoms with E-state index in [1.165, 1.54) is 161 Å². The fourth-order valence-corrected chi connectivity index (χ4v) is 9.68. The number of unbranched alkanes of at least 4 members (excludes halogenated alkanes) is 31. The zero-order valence-electron chi connectivity index (χ0n) is 51.3. The van der Waals surface area contributed by atoms with Crippen LogP contribution in [0.1, 0.15) is 284 Å². The van der Waals surface area contributed by atoms with Gasteiger partial charge in [0.15, 0.2) is 6.10 Å². The Balaban J connectivity index is 4.06. The summed E-state index contributed by atoms with van der Waals surface area (Å²) in [6.07, 6.45) is 79.3. The first kappa shape index (κ1) is 75.2. The summed E-state index contributed by atoms with van der Waals surface area (Å²) in [5.41, 5.74) is 0. The molecule has 0 saturated carbocycles. The number of hydrogen-bond acceptors (Lipinski definition) is 8. The number of nitrogens with zero attached hydrogens (tertiary/aromatic N) is 1. The summed E-state index contributed by atoms with van der Waals surface area (Å²) in [4.78, 5) is 38.0. The monoisotopic (exact) mass is 1110 g/mol. The van der Waals surface area contributed by atoms with Crippen molar-refractivity contribution in [2.24, 2.45) is 0 Å². The topological polar surface area (TPSA) is 111 Å². The summed E-state index contributed by atoms with van der Waals surface area (Å²) in [7, 11) is 1.16. The average Bonchev–Trinajstić information content (AvgIpc) is 3.41. The quantitative estimate of drug-likeness (QED) is 0.0195. The van der Waals surface area contributed by atoms with E-state index < -0.39 is 32.5 Å². The Morgan fingerprint density at radius 3 is 1.09 bits per heavy atom. The van der Waals surface area contributed by atoms with Gasteiger partial charge in [-0.2, -0.15) is 0 Å². The van der Waals surface area contributed by atoms with Crippen LogP contribution in [0.15, 0.2) is 85.1 Å². The molecule has 0 spiro atoms. The maximum atomic E-state index is 12.8. The van der Waals surface area contributed by atoms with Crippen LogP contribution in [0.2, 0.25) is 0 Å². The van der Waals surface area contributed by atoms with E-state index in [2.05, 4.69) is 98.9 Å². The SMILES string of the molecule is CC/C=C\C/C=C\C/C=C\C/C=C\CCCCCCCCCCCCCCCCCCCCCCC(=O)OC(COC(=O)CCCCCCCC/C=C\C/C=C\C/C=C\CCCCCCC)COP(=O)([O-])OCC[N+](C)(C)C. The van der Waals surface area contributed by atoms with Crippen LogP contribution in [0.5, 0.6) is 0 Å². The van der Waals surface area contributed by atoms with Crippen LogP contribution in [0, 0.1) is 0 Å². The van der Waals surface area contributed by atoms with Crippen LogP contribution in [-0.2, 0) is 32.7 Å². The third-order valence-electron chi connectivity index (χ3n) is 13.9. The number of esters is 2. The number of rotatable bonds is 59. The van der Waals surface area contributed by atoms with Gasteiger partial charge in [-0.25, -0.2) is 0 Å². The molecule has 0 aliphatic carbocycles. The Kier molecular flexibility index (Phi) is 56.7. The first-order valence-electron chi connectivity index (χ1n) is 32.3. The minimum absolute atomic E-state index is 0.0348. The molecule has 0 radical (unpaired) electrons. The van der Waals surface area contributed by atoms with Gasteiger partial charge in [0, 0.05) is 12.8 Å². The predicted octanol–water partition coefficient (Wildman–Crippen LogP) is 20.0. The molecule has 0 heterocycles. The molecule has 0 aromatic rings. The second-order valence-corrected chi connectivity index (χ2v) is 24.2. The maximum absolute atomic E-state index is 12.8. The zero-order valence-corrected chi connectivity index (χ0v) is 52.2. The van der Waals surface area contributed by atoms with E-state index in [-0.39, 0.29) is 26.1 Å². The normalized spacial score (nSPS) is 13.8. The Hall–Kier alpha value is -2.81. The molecule has 78 heavy (non-hydrogen) atoms. The highest BCUT2D eigenvalue weighted by Gasteiger charge is 2.22. The third-order valence-corrected chi connectivity index (χ3v) is 14.9. The van der Waals surface area contributed by atoms with Gasteiger partial charge < -0.3 is 27.9 Å². The number of allylic oxidation sites excluding steroid dienone is 14. The fourth-order valence-electron chi connectivity index (χ4n) is 8.95. The number of carbonyl (C=O) groups excluding carboxylic acids is 2. The van der Waals surface area contributed by atoms with Gasteiger partial charge in [-0.15, -0.1) is 0 Å². The molecule has 2 atom stereocenters. The minimum Gasteiger partial charge on any atom is -0.756 e. The fraction of sp³-hybridized carbons (Fsp3) is 0.765. The molecule has 0 aliphatic heterocycles. The zero-order chi connectivity index (χ0) is 57.0. The molecule has 10 heteroatoms. The van der Waals surface area contributed by atoms with Crippen molar-refractivity contribution in [3.63, 3.8) is 0 Å². The summed E-state index contributed by atoms with van der Waals surface area (Å²) in [5, 5.41) is 0. The van der Waals surface area contributed by atoms with Crippen molar-refractivity contribution in [3.8, 4) is 0 Å². The number of phosphoric ester groups is 1. The van der Waals surface area contributed by atoms with Crippen molar-refractivity contribution in [2.75, 3.05) is 47.5 Å². The molecule has 0 aliphatic rings. The molecule has 0 saturated heterocycles. The molecule has 452 valence electrons. The molecule has 0 amide bonds. The smallest absolute Gasteiger partial charge is 0.306 e. The van der Waals surface area contributed by atoms with E-state index in [4.69, 9.17) is 18.5 Å². The number of likely N-dealkylation sites (N-methyl/N-ethyl adjacent to an activating group) is 1. The van der Waals surface area contributed by atoms with E-state index >= 15 is 0 Å². The number of quaternary nitrogens is 1. The maximum Gasteiger partial charge on any atom is 0.306 e. The van der Waals surface area contributed by atoms with Crippen LogP contribution in [0.25, 0.3) is 0 Å². The molecule has 0 rings (SSSR count). The molecule has 0 N–H and O–H groups in total. The summed E-state index contributed by atoms with van der Waals surface area (Å²) in [5.74, 6) is -0.841. The van der Waals surface area contributed by atoms with E-state index in [1.807, 2.05) is 21.1 Å². The van der Waals surface area contributed by atoms with E-state index in [0.29, 0.717) is 23.9 Å². The van der Waals surface area contributed by atoms with Crippen LogP contribution < -0.4 is 4.89 Å². The Bertz CT molecular complexity index is 1590. The Morgan fingerprint density at radius 2 is 0.731 bits per heavy atom. The van der Waals surface area contributed by atoms with Crippen LogP contribution in [0.4, 0.5) is 0 Å². The second-order valence-electron chi connectivity index (χ2n) is 22.7. The van der Waals surface area contributed by atoms with Gasteiger partial charge in [0.1, 0.15) is 19.8 Å². The lowest BCUT2D eigenvalue weighted by atomic mass is 10.0. The van der Waals surface area contributed by atoms with Crippen LogP contribution >= 0.6 is 7.82 Å². The van der Waals surface area contributed by atoms with Gasteiger partial charge >= 0.3 is 11.9 Å². The van der Waals surface area contributed by atoms with E-state index in [1.54, 1.807) is 0 Å². The van der Waals surface area contributed by atoms with Crippen molar-refractivity contribution in [3.05, 3.63) is 85.1 Å². The molecule has 0 fully saturated rings. The molecule has 2 unspecified atom stereocenters. The average molecular weight is 1110 g/mol. The summed E-state index contributed by atoms with van der Waals surface area (Å²) < 4.78 is 34.2. The van der Waals surface area contributed by atoms with Crippen LogP contribution in [0.3, 0.4) is 0 Å². The molecule has 9 nitrogen and oxygen atoms in total. The summed E-state index contributed by atoms with van der Waals surface area (Å²) >= 11 is 0. The lowest BCUT2D eigenvalue weighted by Crippen LogP contribution is -2.37. The first-order valence-corrected chi connectivity index (χ1v) is 33.8. The second kappa shape index (κ2) is 58.8. The molecule has 0 aromatic heterocycles. The number of phosphoric acid groups is 1. The van der Waals surface area contributed by atoms with Crippen molar-refractivity contribution >= 4 is 19.8 Å². The predicted molar refractivity (Wildman–Crippen MR) is 332 cm³/mol. The van der Waals surface area contributed by atoms with E-state index in [0.717, 1.165) is 83.5 Å². The molecule has 0 aromatic carbocycles. The van der Waals surface area contributed by atoms with Crippen molar-refractivity contribution in [1.29, 1.82) is 0 Å². The molecule has 0 bridgehead atoms. The number of hydrogen-bond donors (Lipinski definition) is 0. The van der Waals surface area contributed by atoms with Crippen molar-refractivity contribution in [2.45, 2.75) is 290 Å². The first-order chi connectivity index (χ1) is 38.0. The largest absolute Gasteiger partial charge is 0.756 e. The molecular formula is C68H122NO8P. The lowest BCUT2D eigenvalue weighted by molar-refractivity contribution is -0.870. The Morgan fingerprint density at radius 1 is 0.410 bits per heavy atom. The highest BCUT2D eigenvalue weighted by atomic mass is 31.2.